The summed E-state index contributed by atoms with van der Waals surface area (Å²) in [5, 5.41) is 11.7. The van der Waals surface area contributed by atoms with Crippen LogP contribution in [0.1, 0.15) is 12.5 Å². The van der Waals surface area contributed by atoms with E-state index in [1.807, 2.05) is 18.2 Å². The summed E-state index contributed by atoms with van der Waals surface area (Å²) in [4.78, 5) is 0. The molecule has 0 radical (unpaired) electrons. The van der Waals surface area contributed by atoms with Crippen LogP contribution < -0.4 is 9.47 Å². The Bertz CT molecular complexity index is 374. The van der Waals surface area contributed by atoms with E-state index in [1.54, 1.807) is 6.92 Å². The van der Waals surface area contributed by atoms with Crippen molar-refractivity contribution in [3.63, 3.8) is 0 Å². The lowest BCUT2D eigenvalue weighted by Crippen LogP contribution is -1.99. The van der Waals surface area contributed by atoms with Crippen molar-refractivity contribution in [1.29, 1.82) is 0 Å². The van der Waals surface area contributed by atoms with Crippen LogP contribution in [-0.2, 0) is 6.42 Å². The number of rotatable bonds is 2. The lowest BCUT2D eigenvalue weighted by molar-refractivity contribution is 0.173. The van der Waals surface area contributed by atoms with Crippen molar-refractivity contribution in [3.05, 3.63) is 23.8 Å². The predicted octanol–water partition coefficient (Wildman–Crippen LogP) is 1.81. The van der Waals surface area contributed by atoms with Gasteiger partial charge in [0, 0.05) is 12.0 Å². The van der Waals surface area contributed by atoms with Crippen molar-refractivity contribution < 1.29 is 14.7 Å². The van der Waals surface area contributed by atoms with Crippen molar-refractivity contribution in [2.45, 2.75) is 13.3 Å². The number of benzene rings is 1. The quantitative estimate of drug-likeness (QED) is 0.442. The van der Waals surface area contributed by atoms with Gasteiger partial charge >= 0.3 is 0 Å². The Hall–Kier alpha value is -1.71. The fourth-order valence-electron chi connectivity index (χ4n) is 1.44. The molecule has 0 fully saturated rings. The van der Waals surface area contributed by atoms with E-state index in [2.05, 4.69) is 5.16 Å². The molecule has 0 aliphatic carbocycles. The van der Waals surface area contributed by atoms with Crippen LogP contribution >= 0.6 is 0 Å². The maximum absolute atomic E-state index is 8.56. The first kappa shape index (κ1) is 8.87. The van der Waals surface area contributed by atoms with Crippen molar-refractivity contribution in [3.8, 4) is 11.5 Å². The average Bonchev–Trinajstić information content (AvgIpc) is 2.66. The normalized spacial score (nSPS) is 14.5. The Balaban J connectivity index is 2.30. The number of fused-ring (bicyclic) bond motifs is 1. The van der Waals surface area contributed by atoms with Gasteiger partial charge in [-0.25, -0.2) is 0 Å². The first-order valence-corrected chi connectivity index (χ1v) is 4.36. The second kappa shape index (κ2) is 3.57. The summed E-state index contributed by atoms with van der Waals surface area (Å²) in [5.41, 5.74) is 1.63. The zero-order valence-corrected chi connectivity index (χ0v) is 7.86. The predicted molar refractivity (Wildman–Crippen MR) is 51.2 cm³/mol. The lowest BCUT2D eigenvalue weighted by atomic mass is 10.1. The van der Waals surface area contributed by atoms with Crippen LogP contribution in [0, 0.1) is 0 Å². The third kappa shape index (κ3) is 1.51. The summed E-state index contributed by atoms with van der Waals surface area (Å²) >= 11 is 0. The molecule has 1 N–H and O–H groups in total. The molecule has 4 heteroatoms. The molecule has 0 amide bonds. The molecule has 0 bridgehead atoms. The molecule has 1 aromatic carbocycles. The highest BCUT2D eigenvalue weighted by atomic mass is 16.7. The molecule has 74 valence electrons. The largest absolute Gasteiger partial charge is 0.454 e. The number of ether oxygens (including phenoxy) is 2. The summed E-state index contributed by atoms with van der Waals surface area (Å²) < 4.78 is 10.5. The minimum absolute atomic E-state index is 0.266. The van der Waals surface area contributed by atoms with Crippen LogP contribution in [0.4, 0.5) is 0 Å². The molecule has 0 unspecified atom stereocenters. The van der Waals surface area contributed by atoms with Crippen LogP contribution in [0.5, 0.6) is 11.5 Å². The summed E-state index contributed by atoms with van der Waals surface area (Å²) in [5.74, 6) is 1.52. The highest BCUT2D eigenvalue weighted by molar-refractivity contribution is 5.84. The van der Waals surface area contributed by atoms with Gasteiger partial charge < -0.3 is 14.7 Å². The van der Waals surface area contributed by atoms with E-state index in [0.717, 1.165) is 17.1 Å². The van der Waals surface area contributed by atoms with Gasteiger partial charge in [-0.3, -0.25) is 0 Å². The van der Waals surface area contributed by atoms with Crippen molar-refractivity contribution in [2.75, 3.05) is 6.79 Å². The minimum Gasteiger partial charge on any atom is -0.454 e. The molecule has 0 aromatic heterocycles. The summed E-state index contributed by atoms with van der Waals surface area (Å²) in [6, 6.07) is 5.69. The highest BCUT2D eigenvalue weighted by Gasteiger charge is 2.17. The third-order valence-electron chi connectivity index (χ3n) is 2.10. The van der Waals surface area contributed by atoms with E-state index in [-0.39, 0.29) is 6.79 Å². The second-order valence-corrected chi connectivity index (χ2v) is 3.16. The van der Waals surface area contributed by atoms with Gasteiger partial charge in [0.25, 0.3) is 0 Å². The topological polar surface area (TPSA) is 51.0 Å². The van der Waals surface area contributed by atoms with Gasteiger partial charge in [0.15, 0.2) is 11.5 Å². The van der Waals surface area contributed by atoms with Gasteiger partial charge in [0.1, 0.15) is 0 Å². The van der Waals surface area contributed by atoms with Crippen LogP contribution in [0.25, 0.3) is 0 Å². The molecule has 0 spiro atoms. The fourth-order valence-corrected chi connectivity index (χ4v) is 1.44. The zero-order chi connectivity index (χ0) is 9.97. The Labute approximate surface area is 81.8 Å². The monoisotopic (exact) mass is 193 g/mol. The highest BCUT2D eigenvalue weighted by Crippen LogP contribution is 2.35. The summed E-state index contributed by atoms with van der Waals surface area (Å²) in [6.07, 6.45) is 0.572. The van der Waals surface area contributed by atoms with E-state index >= 15 is 0 Å². The van der Waals surface area contributed by atoms with Gasteiger partial charge in [-0.05, 0) is 13.0 Å². The smallest absolute Gasteiger partial charge is 0.231 e. The molecule has 1 heterocycles. The van der Waals surface area contributed by atoms with Crippen LogP contribution in [0.3, 0.4) is 0 Å². The molecule has 14 heavy (non-hydrogen) atoms. The number of oxime groups is 1. The van der Waals surface area contributed by atoms with Gasteiger partial charge in [0.2, 0.25) is 6.79 Å². The number of hydrogen-bond donors (Lipinski definition) is 1. The molecule has 0 saturated carbocycles. The van der Waals surface area contributed by atoms with Crippen molar-refractivity contribution >= 4 is 5.71 Å². The molecule has 1 aromatic rings. The van der Waals surface area contributed by atoms with Crippen LogP contribution in [0.15, 0.2) is 23.4 Å². The molecule has 2 rings (SSSR count). The maximum atomic E-state index is 8.56. The Kier molecular flexibility index (Phi) is 2.26. The van der Waals surface area contributed by atoms with E-state index in [9.17, 15) is 0 Å². The van der Waals surface area contributed by atoms with Crippen LogP contribution in [-0.4, -0.2) is 17.7 Å². The Morgan fingerprint density at radius 1 is 1.50 bits per heavy atom. The standard InChI is InChI=1S/C10H11NO3/c1-7(11-12)5-8-3-2-4-9-10(8)14-6-13-9/h2-4,12H,5-6H2,1H3/b11-7+. The van der Waals surface area contributed by atoms with E-state index < -0.39 is 0 Å². The SMILES string of the molecule is C/C(Cc1cccc2c1OCO2)=N\O. The van der Waals surface area contributed by atoms with E-state index in [0.29, 0.717) is 12.1 Å². The fraction of sp³-hybridized carbons (Fsp3) is 0.300. The third-order valence-corrected chi connectivity index (χ3v) is 2.10. The first-order valence-electron chi connectivity index (χ1n) is 4.36. The van der Waals surface area contributed by atoms with Gasteiger partial charge in [-0.2, -0.15) is 0 Å². The molecule has 0 atom stereocenters. The Morgan fingerprint density at radius 2 is 2.36 bits per heavy atom. The minimum atomic E-state index is 0.266. The van der Waals surface area contributed by atoms with Gasteiger partial charge in [0.05, 0.1) is 5.71 Å². The molecule has 1 aliphatic heterocycles. The van der Waals surface area contributed by atoms with Crippen molar-refractivity contribution in [2.24, 2.45) is 5.16 Å². The average molecular weight is 193 g/mol. The molecule has 1 aliphatic rings. The molecular weight excluding hydrogens is 182 g/mol. The number of hydrogen-bond acceptors (Lipinski definition) is 4. The van der Waals surface area contributed by atoms with E-state index in [1.165, 1.54) is 0 Å². The van der Waals surface area contributed by atoms with Gasteiger partial charge in [-0.15, -0.1) is 0 Å². The number of nitrogens with zero attached hydrogens (tertiary/aromatic N) is 1. The molecular formula is C10H11NO3. The number of para-hydroxylation sites is 1. The van der Waals surface area contributed by atoms with Crippen molar-refractivity contribution in [1.82, 2.24) is 0 Å². The zero-order valence-electron chi connectivity index (χ0n) is 7.86. The lowest BCUT2D eigenvalue weighted by Gasteiger charge is -2.03. The second-order valence-electron chi connectivity index (χ2n) is 3.16. The Morgan fingerprint density at radius 3 is 3.14 bits per heavy atom. The molecule has 0 saturated heterocycles. The van der Waals surface area contributed by atoms with E-state index in [4.69, 9.17) is 14.7 Å². The molecule has 4 nitrogen and oxygen atoms in total. The van der Waals surface area contributed by atoms with Crippen LogP contribution in [0.2, 0.25) is 0 Å². The van der Waals surface area contributed by atoms with Gasteiger partial charge in [-0.1, -0.05) is 17.3 Å². The summed E-state index contributed by atoms with van der Waals surface area (Å²) in [6.45, 7) is 2.02. The summed E-state index contributed by atoms with van der Waals surface area (Å²) in [7, 11) is 0. The first-order chi connectivity index (χ1) is 6.81. The maximum Gasteiger partial charge on any atom is 0.231 e.